The van der Waals surface area contributed by atoms with E-state index < -0.39 is 40.9 Å². The Morgan fingerprint density at radius 3 is 2.63 bits per heavy atom. The molecule has 1 aliphatic heterocycles. The maximum Gasteiger partial charge on any atom is 0.268 e. The number of rotatable bonds is 6. The summed E-state index contributed by atoms with van der Waals surface area (Å²) in [4.78, 5) is 4.09. The van der Waals surface area contributed by atoms with Gasteiger partial charge in [0.25, 0.3) is 12.3 Å². The van der Waals surface area contributed by atoms with Gasteiger partial charge in [0.1, 0.15) is 17.1 Å². The fraction of sp³-hybridized carbons (Fsp3) is 0.455. The predicted molar refractivity (Wildman–Crippen MR) is 130 cm³/mol. The van der Waals surface area contributed by atoms with Gasteiger partial charge in [0, 0.05) is 18.3 Å². The molecule has 3 aromatic heterocycles. The Kier molecular flexibility index (Phi) is 6.21. The van der Waals surface area contributed by atoms with Gasteiger partial charge in [-0.05, 0) is 36.6 Å². The average molecular weight is 557 g/mol. The van der Waals surface area contributed by atoms with Gasteiger partial charge in [0.05, 0.1) is 31.3 Å². The minimum Gasteiger partial charge on any atom is -0.479 e. The van der Waals surface area contributed by atoms with Crippen molar-refractivity contribution in [2.75, 3.05) is 32.2 Å². The van der Waals surface area contributed by atoms with Crippen molar-refractivity contribution < 1.29 is 30.7 Å². The number of nitrogen functional groups attached to an aromatic ring is 1. The summed E-state index contributed by atoms with van der Waals surface area (Å²) in [6.45, 7) is 0.187. The van der Waals surface area contributed by atoms with E-state index in [4.69, 9.17) is 10.5 Å². The highest BCUT2D eigenvalue weighted by Gasteiger charge is 2.49. The molecule has 1 aliphatic rings. The third-order valence-corrected chi connectivity index (χ3v) is 8.01. The highest BCUT2D eigenvalue weighted by atomic mass is 32.2. The van der Waals surface area contributed by atoms with Crippen LogP contribution in [0.4, 0.5) is 23.5 Å². The summed E-state index contributed by atoms with van der Waals surface area (Å²) in [6, 6.07) is 3.40. The number of piperidine rings is 1. The van der Waals surface area contributed by atoms with E-state index in [2.05, 4.69) is 20.4 Å². The quantitative estimate of drug-likeness (QED) is 0.359. The van der Waals surface area contributed by atoms with Crippen molar-refractivity contribution in [1.29, 1.82) is 0 Å². The van der Waals surface area contributed by atoms with Crippen LogP contribution in [0.3, 0.4) is 0 Å². The van der Waals surface area contributed by atoms with Crippen LogP contribution in [0.25, 0.3) is 27.7 Å². The molecule has 38 heavy (non-hydrogen) atoms. The molecule has 0 amide bonds. The fourth-order valence-electron chi connectivity index (χ4n) is 4.87. The van der Waals surface area contributed by atoms with Gasteiger partial charge in [-0.1, -0.05) is 11.3 Å². The van der Waals surface area contributed by atoms with Crippen molar-refractivity contribution in [3.63, 3.8) is 0 Å². The van der Waals surface area contributed by atoms with Gasteiger partial charge in [-0.2, -0.15) is 9.29 Å². The minimum absolute atomic E-state index is 0.0170. The number of nitrogens with two attached hydrogens (primary N) is 1. The number of benzene rings is 1. The first-order valence-electron chi connectivity index (χ1n) is 11.5. The van der Waals surface area contributed by atoms with E-state index in [0.29, 0.717) is 11.1 Å². The van der Waals surface area contributed by atoms with Gasteiger partial charge >= 0.3 is 0 Å². The molecule has 5 rings (SSSR count). The lowest BCUT2D eigenvalue weighted by atomic mass is 9.84. The number of fused-ring (bicyclic) bond motifs is 2. The first kappa shape index (κ1) is 26.1. The van der Waals surface area contributed by atoms with Crippen LogP contribution < -0.4 is 10.5 Å². The number of methoxy groups -OCH3 is 1. The van der Waals surface area contributed by atoms with E-state index in [9.17, 15) is 17.2 Å². The summed E-state index contributed by atoms with van der Waals surface area (Å²) in [5, 5.41) is 11.9. The zero-order valence-corrected chi connectivity index (χ0v) is 21.3. The number of hydrogen-bond donors (Lipinski definition) is 1. The standard InChI is InChI=1S/C22H24F4N8O3S/c1-11(19(23)24)34-16-8-12(4-5-15(16)29-31-34)17-13(9-33-18(17)20(37-2)28-21(27)30-33)14-6-7-32(38(3,35)36)10-22(14,25)26/h4-5,8-9,11,14,19H,6-7,10H2,1-3H3,(H2,27,30)/t11-,14+/m0/s1. The Labute approximate surface area is 214 Å². The zero-order chi connectivity index (χ0) is 27.6. The summed E-state index contributed by atoms with van der Waals surface area (Å²) in [7, 11) is -2.50. The number of aromatic nitrogens is 6. The second-order valence-electron chi connectivity index (χ2n) is 9.24. The van der Waals surface area contributed by atoms with Gasteiger partial charge in [-0.15, -0.1) is 10.2 Å². The molecule has 1 aromatic carbocycles. The molecule has 4 aromatic rings. The number of hydrogen-bond acceptors (Lipinski definition) is 8. The molecule has 0 unspecified atom stereocenters. The molecule has 1 fully saturated rings. The summed E-state index contributed by atoms with van der Waals surface area (Å²) in [6.07, 6.45) is -0.622. The number of alkyl halides is 4. The summed E-state index contributed by atoms with van der Waals surface area (Å²) in [5.41, 5.74) is 7.46. The highest BCUT2D eigenvalue weighted by molar-refractivity contribution is 7.88. The Morgan fingerprint density at radius 2 is 2.00 bits per heavy atom. The van der Waals surface area contributed by atoms with Crippen molar-refractivity contribution in [1.82, 2.24) is 33.9 Å². The summed E-state index contributed by atoms with van der Waals surface area (Å²) < 4.78 is 90.5. The lowest BCUT2D eigenvalue weighted by molar-refractivity contribution is -0.0633. The molecule has 0 aliphatic carbocycles. The first-order chi connectivity index (χ1) is 17.8. The normalized spacial score (nSPS) is 19.4. The van der Waals surface area contributed by atoms with Crippen LogP contribution in [0.1, 0.15) is 30.9 Å². The Balaban J connectivity index is 1.75. The van der Waals surface area contributed by atoms with Crippen LogP contribution in [-0.4, -0.2) is 81.1 Å². The number of nitrogens with zero attached hydrogens (tertiary/aromatic N) is 7. The SMILES string of the molecule is COc1nc(N)nn2cc([C@H]3CCN(S(C)(=O)=O)CC3(F)F)c(-c3ccc4nnn([C@@H](C)C(F)F)c4c3)c12. The largest absolute Gasteiger partial charge is 0.479 e. The van der Waals surface area contributed by atoms with Crippen LogP contribution in [0, 0.1) is 0 Å². The third kappa shape index (κ3) is 4.30. The van der Waals surface area contributed by atoms with Gasteiger partial charge in [0.2, 0.25) is 21.9 Å². The molecular formula is C22H24F4N8O3S. The van der Waals surface area contributed by atoms with Crippen LogP contribution in [0.2, 0.25) is 0 Å². The molecule has 2 N–H and O–H groups in total. The number of anilines is 1. The Morgan fingerprint density at radius 1 is 1.26 bits per heavy atom. The van der Waals surface area contributed by atoms with Crippen LogP contribution in [0.5, 0.6) is 5.88 Å². The predicted octanol–water partition coefficient (Wildman–Crippen LogP) is 2.94. The topological polar surface area (TPSA) is 134 Å². The Hall–Kier alpha value is -3.53. The maximum atomic E-state index is 15.6. The maximum absolute atomic E-state index is 15.6. The van der Waals surface area contributed by atoms with E-state index in [1.807, 2.05) is 0 Å². The minimum atomic E-state index is -3.83. The molecule has 204 valence electrons. The molecule has 11 nitrogen and oxygen atoms in total. The van der Waals surface area contributed by atoms with Crippen LogP contribution in [-0.2, 0) is 10.0 Å². The highest BCUT2D eigenvalue weighted by Crippen LogP contribution is 2.47. The van der Waals surface area contributed by atoms with E-state index >= 15 is 8.78 Å². The van der Waals surface area contributed by atoms with Gasteiger partial charge in [-0.3, -0.25) is 0 Å². The Bertz CT molecular complexity index is 1640. The van der Waals surface area contributed by atoms with Gasteiger partial charge in [-0.25, -0.2) is 35.2 Å². The van der Waals surface area contributed by atoms with Crippen molar-refractivity contribution >= 4 is 32.5 Å². The zero-order valence-electron chi connectivity index (χ0n) is 20.5. The molecular weight excluding hydrogens is 532 g/mol. The third-order valence-electron chi connectivity index (χ3n) is 6.76. The molecule has 4 heterocycles. The van der Waals surface area contributed by atoms with Crippen LogP contribution in [0.15, 0.2) is 24.4 Å². The van der Waals surface area contributed by atoms with E-state index in [1.54, 1.807) is 12.1 Å². The van der Waals surface area contributed by atoms with Crippen molar-refractivity contribution in [2.45, 2.75) is 37.7 Å². The molecule has 0 radical (unpaired) electrons. The molecule has 0 bridgehead atoms. The van der Waals surface area contributed by atoms with Crippen molar-refractivity contribution in [3.8, 4) is 17.0 Å². The molecule has 16 heteroatoms. The lowest BCUT2D eigenvalue weighted by Gasteiger charge is -2.37. The van der Waals surface area contributed by atoms with Gasteiger partial charge in [0.15, 0.2) is 0 Å². The van der Waals surface area contributed by atoms with E-state index in [-0.39, 0.29) is 47.0 Å². The summed E-state index contributed by atoms with van der Waals surface area (Å²) in [5.74, 6) is -4.99. The monoisotopic (exact) mass is 556 g/mol. The fourth-order valence-corrected chi connectivity index (χ4v) is 5.71. The number of sulfonamides is 1. The van der Waals surface area contributed by atoms with Crippen LogP contribution >= 0.6 is 0 Å². The molecule has 2 atom stereocenters. The van der Waals surface area contributed by atoms with E-state index in [1.165, 1.54) is 30.8 Å². The number of ether oxygens (including phenoxy) is 1. The molecule has 0 saturated carbocycles. The second kappa shape index (κ2) is 9.04. The number of halogens is 4. The van der Waals surface area contributed by atoms with Crippen molar-refractivity contribution in [3.05, 3.63) is 30.0 Å². The van der Waals surface area contributed by atoms with Gasteiger partial charge < -0.3 is 10.5 Å². The average Bonchev–Trinajstić information content (AvgIpc) is 3.42. The second-order valence-corrected chi connectivity index (χ2v) is 11.2. The summed E-state index contributed by atoms with van der Waals surface area (Å²) >= 11 is 0. The molecule has 0 spiro atoms. The smallest absolute Gasteiger partial charge is 0.268 e. The lowest BCUT2D eigenvalue weighted by Crippen LogP contribution is -2.49. The van der Waals surface area contributed by atoms with Crippen molar-refractivity contribution in [2.24, 2.45) is 0 Å². The first-order valence-corrected chi connectivity index (χ1v) is 13.4. The van der Waals surface area contributed by atoms with E-state index in [0.717, 1.165) is 15.2 Å². The molecule has 1 saturated heterocycles.